The topological polar surface area (TPSA) is 24.5 Å². The minimum Gasteiger partial charge on any atom is -0.494 e. The van der Waals surface area contributed by atoms with Gasteiger partial charge in [0.05, 0.1) is 6.61 Å². The third-order valence-corrected chi connectivity index (χ3v) is 3.58. The standard InChI is InChI=1S/C15H24N2O/c1-4-18-15-8-6-5-7-13(15)14(16-2)11-17(3)12-9-10-12/h5-8,12,14,16H,4,9-11H2,1-3H3. The van der Waals surface area contributed by atoms with Gasteiger partial charge in [-0.2, -0.15) is 0 Å². The Morgan fingerprint density at radius 1 is 1.39 bits per heavy atom. The number of ether oxygens (including phenoxy) is 1. The van der Waals surface area contributed by atoms with Crippen molar-refractivity contribution < 1.29 is 4.74 Å². The van der Waals surface area contributed by atoms with Gasteiger partial charge in [-0.1, -0.05) is 18.2 Å². The highest BCUT2D eigenvalue weighted by Gasteiger charge is 2.28. The molecule has 0 bridgehead atoms. The number of hydrogen-bond acceptors (Lipinski definition) is 3. The van der Waals surface area contributed by atoms with Crippen molar-refractivity contribution in [3.63, 3.8) is 0 Å². The second-order valence-corrected chi connectivity index (χ2v) is 4.98. The predicted molar refractivity (Wildman–Crippen MR) is 75.1 cm³/mol. The average molecular weight is 248 g/mol. The predicted octanol–water partition coefficient (Wildman–Crippen LogP) is 2.44. The molecule has 18 heavy (non-hydrogen) atoms. The van der Waals surface area contributed by atoms with Gasteiger partial charge in [-0.25, -0.2) is 0 Å². The van der Waals surface area contributed by atoms with Crippen LogP contribution in [0.5, 0.6) is 5.75 Å². The summed E-state index contributed by atoms with van der Waals surface area (Å²) in [5.74, 6) is 1.00. The fraction of sp³-hybridized carbons (Fsp3) is 0.600. The third kappa shape index (κ3) is 3.24. The molecule has 1 aliphatic rings. The maximum Gasteiger partial charge on any atom is 0.124 e. The average Bonchev–Trinajstić information content (AvgIpc) is 3.21. The van der Waals surface area contributed by atoms with Crippen molar-refractivity contribution in [1.29, 1.82) is 0 Å². The van der Waals surface area contributed by atoms with E-state index in [4.69, 9.17) is 4.74 Å². The first-order valence-electron chi connectivity index (χ1n) is 6.85. The molecule has 0 heterocycles. The van der Waals surface area contributed by atoms with Crippen LogP contribution in [0.15, 0.2) is 24.3 Å². The molecule has 100 valence electrons. The molecule has 1 N–H and O–H groups in total. The summed E-state index contributed by atoms with van der Waals surface area (Å²) < 4.78 is 5.72. The van der Waals surface area contributed by atoms with E-state index in [2.05, 4.69) is 35.5 Å². The maximum absolute atomic E-state index is 5.72. The smallest absolute Gasteiger partial charge is 0.124 e. The summed E-state index contributed by atoms with van der Waals surface area (Å²) in [5.41, 5.74) is 1.26. The quantitative estimate of drug-likeness (QED) is 0.802. The zero-order valence-electron chi connectivity index (χ0n) is 11.6. The van der Waals surface area contributed by atoms with Crippen molar-refractivity contribution in [2.45, 2.75) is 31.8 Å². The first-order valence-corrected chi connectivity index (χ1v) is 6.85. The molecule has 3 heteroatoms. The van der Waals surface area contributed by atoms with E-state index in [0.29, 0.717) is 12.6 Å². The largest absolute Gasteiger partial charge is 0.494 e. The van der Waals surface area contributed by atoms with Crippen LogP contribution in [0.4, 0.5) is 0 Å². The molecule has 2 rings (SSSR count). The zero-order chi connectivity index (χ0) is 13.0. The van der Waals surface area contributed by atoms with Crippen LogP contribution in [0.25, 0.3) is 0 Å². The van der Waals surface area contributed by atoms with Gasteiger partial charge in [0.25, 0.3) is 0 Å². The number of nitrogens with zero attached hydrogens (tertiary/aromatic N) is 1. The molecule has 1 fully saturated rings. The Balaban J connectivity index is 2.10. The van der Waals surface area contributed by atoms with Crippen molar-refractivity contribution in [3.05, 3.63) is 29.8 Å². The van der Waals surface area contributed by atoms with E-state index in [0.717, 1.165) is 18.3 Å². The molecule has 1 saturated carbocycles. The number of rotatable bonds is 7. The highest BCUT2D eigenvalue weighted by atomic mass is 16.5. The Kier molecular flexibility index (Phi) is 4.61. The second kappa shape index (κ2) is 6.21. The number of benzene rings is 1. The molecular formula is C15H24N2O. The van der Waals surface area contributed by atoms with Crippen LogP contribution in [-0.2, 0) is 0 Å². The lowest BCUT2D eigenvalue weighted by Crippen LogP contribution is -2.32. The Bertz CT molecular complexity index is 377. The lowest BCUT2D eigenvalue weighted by atomic mass is 10.1. The fourth-order valence-corrected chi connectivity index (χ4v) is 2.35. The molecule has 0 amide bonds. The zero-order valence-corrected chi connectivity index (χ0v) is 11.6. The molecule has 0 spiro atoms. The third-order valence-electron chi connectivity index (χ3n) is 3.58. The van der Waals surface area contributed by atoms with Crippen molar-refractivity contribution in [2.75, 3.05) is 27.2 Å². The number of para-hydroxylation sites is 1. The minimum atomic E-state index is 0.332. The van der Waals surface area contributed by atoms with E-state index in [-0.39, 0.29) is 0 Å². The Morgan fingerprint density at radius 3 is 2.72 bits per heavy atom. The maximum atomic E-state index is 5.72. The fourth-order valence-electron chi connectivity index (χ4n) is 2.35. The summed E-state index contributed by atoms with van der Waals surface area (Å²) in [5, 5.41) is 3.41. The van der Waals surface area contributed by atoms with Gasteiger partial charge in [-0.15, -0.1) is 0 Å². The van der Waals surface area contributed by atoms with E-state index in [9.17, 15) is 0 Å². The summed E-state index contributed by atoms with van der Waals surface area (Å²) in [6.45, 7) is 3.78. The monoisotopic (exact) mass is 248 g/mol. The van der Waals surface area contributed by atoms with E-state index in [1.54, 1.807) is 0 Å². The SMILES string of the molecule is CCOc1ccccc1C(CN(C)C1CC1)NC. The Morgan fingerprint density at radius 2 is 2.11 bits per heavy atom. The van der Waals surface area contributed by atoms with E-state index in [1.807, 2.05) is 20.0 Å². The lowest BCUT2D eigenvalue weighted by molar-refractivity contribution is 0.279. The molecule has 1 atom stereocenters. The van der Waals surface area contributed by atoms with Gasteiger partial charge < -0.3 is 15.0 Å². The molecular weight excluding hydrogens is 224 g/mol. The highest BCUT2D eigenvalue weighted by Crippen LogP contribution is 2.30. The highest BCUT2D eigenvalue weighted by molar-refractivity contribution is 5.36. The van der Waals surface area contributed by atoms with Crippen LogP contribution < -0.4 is 10.1 Å². The molecule has 1 unspecified atom stereocenters. The van der Waals surface area contributed by atoms with Crippen LogP contribution in [0.3, 0.4) is 0 Å². The molecule has 0 radical (unpaired) electrons. The number of nitrogens with one attached hydrogen (secondary N) is 1. The van der Waals surface area contributed by atoms with Crippen LogP contribution in [0.2, 0.25) is 0 Å². The molecule has 0 aromatic heterocycles. The van der Waals surface area contributed by atoms with E-state index < -0.39 is 0 Å². The Labute approximate surface area is 110 Å². The summed E-state index contributed by atoms with van der Waals surface area (Å²) in [7, 11) is 4.24. The molecule has 1 aromatic carbocycles. The summed E-state index contributed by atoms with van der Waals surface area (Å²) >= 11 is 0. The van der Waals surface area contributed by atoms with Crippen molar-refractivity contribution in [3.8, 4) is 5.75 Å². The van der Waals surface area contributed by atoms with Crippen LogP contribution in [-0.4, -0.2) is 38.2 Å². The van der Waals surface area contributed by atoms with Crippen LogP contribution >= 0.6 is 0 Å². The van der Waals surface area contributed by atoms with Crippen molar-refractivity contribution >= 4 is 0 Å². The summed E-state index contributed by atoms with van der Waals surface area (Å²) in [6.07, 6.45) is 2.69. The normalized spacial score (nSPS) is 16.9. The summed E-state index contributed by atoms with van der Waals surface area (Å²) in [4.78, 5) is 2.45. The van der Waals surface area contributed by atoms with E-state index in [1.165, 1.54) is 18.4 Å². The molecule has 0 saturated heterocycles. The van der Waals surface area contributed by atoms with Gasteiger partial charge in [0.2, 0.25) is 0 Å². The van der Waals surface area contributed by atoms with Crippen LogP contribution in [0, 0.1) is 0 Å². The van der Waals surface area contributed by atoms with Crippen molar-refractivity contribution in [1.82, 2.24) is 10.2 Å². The van der Waals surface area contributed by atoms with Gasteiger partial charge in [0.1, 0.15) is 5.75 Å². The van der Waals surface area contributed by atoms with Crippen molar-refractivity contribution in [2.24, 2.45) is 0 Å². The first-order chi connectivity index (χ1) is 8.76. The van der Waals surface area contributed by atoms with E-state index >= 15 is 0 Å². The van der Waals surface area contributed by atoms with Gasteiger partial charge in [0.15, 0.2) is 0 Å². The van der Waals surface area contributed by atoms with Crippen LogP contribution in [0.1, 0.15) is 31.4 Å². The molecule has 1 aliphatic carbocycles. The van der Waals surface area contributed by atoms with Gasteiger partial charge in [-0.3, -0.25) is 0 Å². The van der Waals surface area contributed by atoms with Gasteiger partial charge >= 0.3 is 0 Å². The first kappa shape index (κ1) is 13.4. The summed E-state index contributed by atoms with van der Waals surface area (Å²) in [6, 6.07) is 9.46. The molecule has 0 aliphatic heterocycles. The van der Waals surface area contributed by atoms with Gasteiger partial charge in [-0.05, 0) is 39.9 Å². The number of likely N-dealkylation sites (N-methyl/N-ethyl adjacent to an activating group) is 2. The number of hydrogen-bond donors (Lipinski definition) is 1. The van der Waals surface area contributed by atoms with Gasteiger partial charge in [0, 0.05) is 24.2 Å². The minimum absolute atomic E-state index is 0.332. The molecule has 3 nitrogen and oxygen atoms in total. The second-order valence-electron chi connectivity index (χ2n) is 4.98. The lowest BCUT2D eigenvalue weighted by Gasteiger charge is -2.25. The molecule has 1 aromatic rings. The Hall–Kier alpha value is -1.06.